The third-order valence-corrected chi connectivity index (χ3v) is 5.23. The van der Waals surface area contributed by atoms with Crippen LogP contribution in [0.1, 0.15) is 38.3 Å². The number of fused-ring (bicyclic) bond motifs is 1. The SMILES string of the molecule is CC1=C(CC(=O)O)c2cc(F)ccc2\C1=C/C(C)=C/C=C(\C)S(C)=O. The minimum Gasteiger partial charge on any atom is -0.481 e. The minimum absolute atomic E-state index is 0.143. The molecule has 132 valence electrons. The average molecular weight is 360 g/mol. The lowest BCUT2D eigenvalue weighted by Crippen LogP contribution is -1.97. The minimum atomic E-state index is -1.01. The van der Waals surface area contributed by atoms with Gasteiger partial charge in [-0.3, -0.25) is 9.00 Å². The first-order chi connectivity index (χ1) is 11.7. The van der Waals surface area contributed by atoms with Crippen molar-refractivity contribution >= 4 is 27.9 Å². The van der Waals surface area contributed by atoms with Crippen LogP contribution in [0.25, 0.3) is 11.1 Å². The highest BCUT2D eigenvalue weighted by atomic mass is 32.2. The normalized spacial score (nSPS) is 17.9. The zero-order valence-corrected chi connectivity index (χ0v) is 15.5. The second-order valence-corrected chi connectivity index (χ2v) is 7.62. The molecule has 1 aromatic rings. The molecule has 1 aliphatic rings. The number of aliphatic carboxylic acids is 1. The number of allylic oxidation sites excluding steroid dienone is 7. The predicted molar refractivity (Wildman–Crippen MR) is 101 cm³/mol. The molecule has 0 heterocycles. The van der Waals surface area contributed by atoms with E-state index in [1.807, 2.05) is 26.0 Å². The lowest BCUT2D eigenvalue weighted by atomic mass is 10.0. The molecule has 1 aliphatic carbocycles. The van der Waals surface area contributed by atoms with Gasteiger partial charge in [-0.15, -0.1) is 0 Å². The molecule has 1 atom stereocenters. The summed E-state index contributed by atoms with van der Waals surface area (Å²) in [4.78, 5) is 11.9. The average Bonchev–Trinajstić information content (AvgIpc) is 2.77. The molecule has 0 saturated carbocycles. The van der Waals surface area contributed by atoms with E-state index in [2.05, 4.69) is 0 Å². The zero-order valence-electron chi connectivity index (χ0n) is 14.7. The molecule has 25 heavy (non-hydrogen) atoms. The van der Waals surface area contributed by atoms with Crippen molar-refractivity contribution in [2.45, 2.75) is 27.2 Å². The summed E-state index contributed by atoms with van der Waals surface area (Å²) in [7, 11) is -1.01. The Balaban J connectivity index is 2.52. The van der Waals surface area contributed by atoms with Gasteiger partial charge in [0.15, 0.2) is 0 Å². The van der Waals surface area contributed by atoms with Crippen LogP contribution in [0.2, 0.25) is 0 Å². The molecular formula is C20H21FO3S. The van der Waals surface area contributed by atoms with E-state index in [-0.39, 0.29) is 12.2 Å². The summed E-state index contributed by atoms with van der Waals surface area (Å²) in [6, 6.07) is 4.46. The molecule has 1 aromatic carbocycles. The number of carboxylic acid groups (broad SMARTS) is 1. The molecule has 1 unspecified atom stereocenters. The lowest BCUT2D eigenvalue weighted by Gasteiger charge is -2.04. The number of halogens is 1. The fourth-order valence-electron chi connectivity index (χ4n) is 2.75. The molecule has 0 bridgehead atoms. The smallest absolute Gasteiger partial charge is 0.307 e. The highest BCUT2D eigenvalue weighted by Gasteiger charge is 2.25. The molecule has 0 radical (unpaired) electrons. The molecule has 5 heteroatoms. The molecular weight excluding hydrogens is 339 g/mol. The van der Waals surface area contributed by atoms with Gasteiger partial charge in [-0.2, -0.15) is 0 Å². The Kier molecular flexibility index (Phi) is 5.90. The Morgan fingerprint density at radius 3 is 2.52 bits per heavy atom. The van der Waals surface area contributed by atoms with Crippen molar-refractivity contribution < 1.29 is 18.5 Å². The molecule has 0 spiro atoms. The van der Waals surface area contributed by atoms with Crippen LogP contribution < -0.4 is 0 Å². The van der Waals surface area contributed by atoms with Gasteiger partial charge in [0.2, 0.25) is 0 Å². The quantitative estimate of drug-likeness (QED) is 0.775. The van der Waals surface area contributed by atoms with Crippen molar-refractivity contribution in [3.8, 4) is 0 Å². The van der Waals surface area contributed by atoms with E-state index in [4.69, 9.17) is 5.11 Å². The molecule has 2 rings (SSSR count). The van der Waals surface area contributed by atoms with Gasteiger partial charge < -0.3 is 5.11 Å². The second-order valence-electron chi connectivity index (χ2n) is 6.06. The van der Waals surface area contributed by atoms with E-state index in [1.165, 1.54) is 12.1 Å². The van der Waals surface area contributed by atoms with E-state index in [9.17, 15) is 13.4 Å². The Morgan fingerprint density at radius 1 is 1.24 bits per heavy atom. The van der Waals surface area contributed by atoms with Crippen molar-refractivity contribution in [3.63, 3.8) is 0 Å². The lowest BCUT2D eigenvalue weighted by molar-refractivity contribution is -0.135. The number of rotatable bonds is 5. The first kappa shape index (κ1) is 19.1. The third-order valence-electron chi connectivity index (χ3n) is 4.19. The Labute approximate surface area is 149 Å². The first-order valence-electron chi connectivity index (χ1n) is 7.83. The molecule has 0 amide bonds. The summed E-state index contributed by atoms with van der Waals surface area (Å²) in [5.41, 5.74) is 4.79. The summed E-state index contributed by atoms with van der Waals surface area (Å²) in [6.07, 6.45) is 7.11. The largest absolute Gasteiger partial charge is 0.481 e. The van der Waals surface area contributed by atoms with Gasteiger partial charge in [-0.05, 0) is 60.8 Å². The maximum Gasteiger partial charge on any atom is 0.307 e. The fourth-order valence-corrected chi connectivity index (χ4v) is 3.01. The van der Waals surface area contributed by atoms with Gasteiger partial charge in [-0.25, -0.2) is 4.39 Å². The summed E-state index contributed by atoms with van der Waals surface area (Å²) in [6.45, 7) is 5.58. The molecule has 0 aromatic heterocycles. The number of hydrogen-bond acceptors (Lipinski definition) is 2. The zero-order chi connectivity index (χ0) is 18.7. The van der Waals surface area contributed by atoms with Crippen molar-refractivity contribution in [1.82, 2.24) is 0 Å². The molecule has 0 fully saturated rings. The highest BCUT2D eigenvalue weighted by Crippen LogP contribution is 2.43. The van der Waals surface area contributed by atoms with Crippen LogP contribution in [-0.4, -0.2) is 21.5 Å². The molecule has 1 N–H and O–H groups in total. The fraction of sp³-hybridized carbons (Fsp3) is 0.250. The van der Waals surface area contributed by atoms with Crippen LogP contribution in [-0.2, 0) is 15.6 Å². The maximum atomic E-state index is 13.6. The van der Waals surface area contributed by atoms with E-state index >= 15 is 0 Å². The van der Waals surface area contributed by atoms with Crippen molar-refractivity contribution in [3.05, 3.63) is 69.4 Å². The van der Waals surface area contributed by atoms with Crippen molar-refractivity contribution in [2.75, 3.05) is 6.26 Å². The summed E-state index contributed by atoms with van der Waals surface area (Å²) < 4.78 is 25.0. The van der Waals surface area contributed by atoms with Gasteiger partial charge in [-0.1, -0.05) is 29.9 Å². The number of carbonyl (C=O) groups is 1. The number of benzene rings is 1. The van der Waals surface area contributed by atoms with Crippen molar-refractivity contribution in [1.29, 1.82) is 0 Å². The summed E-state index contributed by atoms with van der Waals surface area (Å²) in [5, 5.41) is 9.16. The third kappa shape index (κ3) is 4.42. The Hall–Kier alpha value is -2.27. The van der Waals surface area contributed by atoms with Gasteiger partial charge in [0.1, 0.15) is 5.82 Å². The van der Waals surface area contributed by atoms with Gasteiger partial charge in [0.25, 0.3) is 0 Å². The number of carboxylic acids is 1. The van der Waals surface area contributed by atoms with Crippen LogP contribution in [0.4, 0.5) is 4.39 Å². The van der Waals surface area contributed by atoms with Crippen LogP contribution in [0.15, 0.2) is 52.5 Å². The highest BCUT2D eigenvalue weighted by molar-refractivity contribution is 7.88. The molecule has 3 nitrogen and oxygen atoms in total. The van der Waals surface area contributed by atoms with Crippen LogP contribution >= 0.6 is 0 Å². The number of hydrogen-bond donors (Lipinski definition) is 1. The Morgan fingerprint density at radius 2 is 1.92 bits per heavy atom. The standard InChI is InChI=1S/C20H21FO3S/c1-12(5-6-13(2)25(4)24)9-17-14(3)18(11-20(22)23)19-10-15(21)7-8-16(17)19/h5-10H,11H2,1-4H3,(H,22,23)/b12-5+,13-6+,17-9-. The molecule has 0 saturated heterocycles. The van der Waals surface area contributed by atoms with Crippen molar-refractivity contribution in [2.24, 2.45) is 0 Å². The monoisotopic (exact) mass is 360 g/mol. The van der Waals surface area contributed by atoms with Crippen LogP contribution in [0.3, 0.4) is 0 Å². The molecule has 0 aliphatic heterocycles. The van der Waals surface area contributed by atoms with Crippen LogP contribution in [0.5, 0.6) is 0 Å². The van der Waals surface area contributed by atoms with Crippen LogP contribution in [0, 0.1) is 5.82 Å². The second kappa shape index (κ2) is 7.74. The topological polar surface area (TPSA) is 54.4 Å². The Bertz CT molecular complexity index is 873. The van der Waals surface area contributed by atoms with Gasteiger partial charge >= 0.3 is 5.97 Å². The van der Waals surface area contributed by atoms with E-state index in [1.54, 1.807) is 25.3 Å². The maximum absolute atomic E-state index is 13.6. The van der Waals surface area contributed by atoms with E-state index in [0.717, 1.165) is 27.2 Å². The van der Waals surface area contributed by atoms with E-state index in [0.29, 0.717) is 11.1 Å². The summed E-state index contributed by atoms with van der Waals surface area (Å²) >= 11 is 0. The van der Waals surface area contributed by atoms with Gasteiger partial charge in [0, 0.05) is 22.0 Å². The first-order valence-corrected chi connectivity index (χ1v) is 9.39. The van der Waals surface area contributed by atoms with Gasteiger partial charge in [0.05, 0.1) is 6.42 Å². The van der Waals surface area contributed by atoms with E-state index < -0.39 is 16.8 Å². The predicted octanol–water partition coefficient (Wildman–Crippen LogP) is 4.70. The summed E-state index contributed by atoms with van der Waals surface area (Å²) in [5.74, 6) is -1.33.